The Morgan fingerprint density at radius 1 is 1.14 bits per heavy atom. The molecular weight excluding hydrogens is 442 g/mol. The van der Waals surface area contributed by atoms with E-state index >= 15 is 0 Å². The molecule has 1 saturated heterocycles. The van der Waals surface area contributed by atoms with E-state index in [2.05, 4.69) is 4.99 Å². The summed E-state index contributed by atoms with van der Waals surface area (Å²) < 4.78 is 13.2. The Hall–Kier alpha value is -1.79. The first-order valence-electron chi connectivity index (χ1n) is 8.12. The van der Waals surface area contributed by atoms with Gasteiger partial charge in [-0.3, -0.25) is 4.79 Å². The highest BCUT2D eigenvalue weighted by Crippen LogP contribution is 2.33. The highest BCUT2D eigenvalue weighted by Gasteiger charge is 2.24. The zero-order chi connectivity index (χ0) is 20.3. The first-order chi connectivity index (χ1) is 13.3. The van der Waals surface area contributed by atoms with Crippen molar-refractivity contribution in [2.75, 3.05) is 11.5 Å². The molecule has 0 saturated carbocycles. The van der Waals surface area contributed by atoms with Gasteiger partial charge in [-0.15, -0.1) is 0 Å². The van der Waals surface area contributed by atoms with Gasteiger partial charge >= 0.3 is 0 Å². The number of halogens is 4. The average Bonchev–Trinajstić information content (AvgIpc) is 2.66. The van der Waals surface area contributed by atoms with Crippen molar-refractivity contribution >= 4 is 69.3 Å². The van der Waals surface area contributed by atoms with Crippen molar-refractivity contribution in [2.24, 2.45) is 10.7 Å². The molecule has 3 nitrogen and oxygen atoms in total. The normalized spacial score (nSPS) is 19.1. The molecule has 144 valence electrons. The van der Waals surface area contributed by atoms with Gasteiger partial charge in [0.2, 0.25) is 0 Å². The Labute approximate surface area is 181 Å². The van der Waals surface area contributed by atoms with E-state index in [9.17, 15) is 9.18 Å². The molecule has 0 atom stereocenters. The van der Waals surface area contributed by atoms with Crippen LogP contribution in [0, 0.1) is 5.82 Å². The van der Waals surface area contributed by atoms with Crippen molar-refractivity contribution in [3.05, 3.63) is 80.7 Å². The monoisotopic (exact) mass is 454 g/mol. The summed E-state index contributed by atoms with van der Waals surface area (Å²) in [5.41, 5.74) is 9.07. The molecule has 2 aromatic carbocycles. The first-order valence-corrected chi connectivity index (χ1v) is 10.4. The molecule has 1 fully saturated rings. The second-order valence-electron chi connectivity index (χ2n) is 5.94. The Bertz CT molecular complexity index is 1020. The van der Waals surface area contributed by atoms with Crippen LogP contribution in [0.3, 0.4) is 0 Å². The zero-order valence-corrected chi connectivity index (χ0v) is 17.5. The molecule has 3 rings (SSSR count). The van der Waals surface area contributed by atoms with Crippen molar-refractivity contribution in [3.63, 3.8) is 0 Å². The third kappa shape index (κ3) is 4.97. The van der Waals surface area contributed by atoms with Crippen molar-refractivity contribution in [1.29, 1.82) is 0 Å². The maximum atomic E-state index is 13.2. The molecule has 1 heterocycles. The largest absolute Gasteiger partial charge is 0.394 e. The third-order valence-corrected chi connectivity index (χ3v) is 5.73. The lowest BCUT2D eigenvalue weighted by molar-refractivity contribution is -0.108. The summed E-state index contributed by atoms with van der Waals surface area (Å²) in [6, 6.07) is 11.0. The Morgan fingerprint density at radius 2 is 1.86 bits per heavy atom. The lowest BCUT2D eigenvalue weighted by Crippen LogP contribution is -2.23. The van der Waals surface area contributed by atoms with E-state index in [-0.39, 0.29) is 11.5 Å². The third-order valence-electron chi connectivity index (χ3n) is 3.98. The lowest BCUT2D eigenvalue weighted by Gasteiger charge is -2.22. The summed E-state index contributed by atoms with van der Waals surface area (Å²) in [6.45, 7) is 0. The summed E-state index contributed by atoms with van der Waals surface area (Å²) in [7, 11) is 0. The van der Waals surface area contributed by atoms with Crippen LogP contribution in [-0.4, -0.2) is 22.5 Å². The van der Waals surface area contributed by atoms with Gasteiger partial charge in [0, 0.05) is 22.1 Å². The number of rotatable bonds is 3. The van der Waals surface area contributed by atoms with Gasteiger partial charge < -0.3 is 5.73 Å². The van der Waals surface area contributed by atoms with Gasteiger partial charge in [-0.05, 0) is 59.1 Å². The average molecular weight is 456 g/mol. The second-order valence-corrected chi connectivity index (χ2v) is 8.11. The van der Waals surface area contributed by atoms with E-state index in [1.54, 1.807) is 42.1 Å². The minimum Gasteiger partial charge on any atom is -0.394 e. The highest BCUT2D eigenvalue weighted by molar-refractivity contribution is 7.99. The Balaban J connectivity index is 2.17. The molecule has 8 heteroatoms. The van der Waals surface area contributed by atoms with Crippen LogP contribution < -0.4 is 5.73 Å². The molecule has 0 amide bonds. The maximum absolute atomic E-state index is 13.2. The van der Waals surface area contributed by atoms with E-state index in [1.165, 1.54) is 12.1 Å². The molecule has 2 aromatic rings. The van der Waals surface area contributed by atoms with Gasteiger partial charge in [-0.25, -0.2) is 9.38 Å². The van der Waals surface area contributed by atoms with Crippen LogP contribution in [0.5, 0.6) is 0 Å². The predicted molar refractivity (Wildman–Crippen MR) is 117 cm³/mol. The van der Waals surface area contributed by atoms with Gasteiger partial charge in [-0.2, -0.15) is 11.8 Å². The van der Waals surface area contributed by atoms with Crippen LogP contribution >= 0.6 is 46.6 Å². The minimum absolute atomic E-state index is 0.0530. The molecule has 0 spiro atoms. The number of thioether (sulfide) groups is 1. The molecule has 1 aliphatic rings. The number of allylic oxidation sites excluding steroid dienone is 1. The quantitative estimate of drug-likeness (QED) is 0.455. The summed E-state index contributed by atoms with van der Waals surface area (Å²) in [5, 5.41) is 0.115. The van der Waals surface area contributed by atoms with Gasteiger partial charge in [0.1, 0.15) is 5.82 Å². The number of nitrogens with zero attached hydrogens (tertiary/aromatic N) is 1. The van der Waals surface area contributed by atoms with Gasteiger partial charge in [-0.1, -0.05) is 35.3 Å². The molecular formula is C20H14Cl3FN2OS. The molecule has 0 aromatic heterocycles. The van der Waals surface area contributed by atoms with Crippen LogP contribution in [-0.2, 0) is 4.79 Å². The Morgan fingerprint density at radius 3 is 2.50 bits per heavy atom. The van der Waals surface area contributed by atoms with E-state index in [0.717, 1.165) is 11.1 Å². The summed E-state index contributed by atoms with van der Waals surface area (Å²) in [5.74, 6) is 0.795. The zero-order valence-electron chi connectivity index (χ0n) is 14.4. The highest BCUT2D eigenvalue weighted by atomic mass is 35.5. The van der Waals surface area contributed by atoms with E-state index in [0.29, 0.717) is 38.5 Å². The van der Waals surface area contributed by atoms with Crippen molar-refractivity contribution in [2.45, 2.75) is 0 Å². The van der Waals surface area contributed by atoms with Gasteiger partial charge in [0.05, 0.1) is 22.1 Å². The fraction of sp³-hybridized carbons (Fsp3) is 0.100. The maximum Gasteiger partial charge on any atom is 0.268 e. The number of carbonyl (C=O) groups is 1. The number of nitrogens with two attached hydrogens (primary N) is 1. The van der Waals surface area contributed by atoms with Crippen LogP contribution in [0.4, 0.5) is 10.1 Å². The van der Waals surface area contributed by atoms with E-state index < -0.39 is 5.24 Å². The van der Waals surface area contributed by atoms with Crippen LogP contribution in [0.15, 0.2) is 64.3 Å². The summed E-state index contributed by atoms with van der Waals surface area (Å²) in [6.07, 6.45) is 1.88. The van der Waals surface area contributed by atoms with Crippen molar-refractivity contribution in [1.82, 2.24) is 0 Å². The fourth-order valence-electron chi connectivity index (χ4n) is 2.62. The number of hydrogen-bond donors (Lipinski definition) is 1. The molecule has 0 radical (unpaired) electrons. The lowest BCUT2D eigenvalue weighted by atomic mass is 9.99. The van der Waals surface area contributed by atoms with Crippen LogP contribution in [0.1, 0.15) is 5.56 Å². The first kappa shape index (κ1) is 20.9. The standard InChI is InChI=1S/C20H14Cl3FN2OS/c21-13-3-6-17(16(22)8-13)26-19-12(7-11-1-4-14(24)5-2-11)9-28-10-15(19)18(25)20(23)27/h1-8H,9-10,25H2. The van der Waals surface area contributed by atoms with Crippen molar-refractivity contribution < 1.29 is 9.18 Å². The smallest absolute Gasteiger partial charge is 0.268 e. The van der Waals surface area contributed by atoms with Crippen LogP contribution in [0.2, 0.25) is 10.0 Å². The van der Waals surface area contributed by atoms with Crippen LogP contribution in [0.25, 0.3) is 6.08 Å². The molecule has 0 aliphatic carbocycles. The fourth-order valence-corrected chi connectivity index (χ4v) is 4.22. The summed E-state index contributed by atoms with van der Waals surface area (Å²) >= 11 is 19.4. The second kappa shape index (κ2) is 9.14. The molecule has 0 bridgehead atoms. The predicted octanol–water partition coefficient (Wildman–Crippen LogP) is 6.01. The van der Waals surface area contributed by atoms with E-state index in [4.69, 9.17) is 40.5 Å². The molecule has 1 aliphatic heterocycles. The van der Waals surface area contributed by atoms with Crippen molar-refractivity contribution in [3.8, 4) is 0 Å². The number of hydrogen-bond acceptors (Lipinski definition) is 4. The Kier molecular flexibility index (Phi) is 6.83. The summed E-state index contributed by atoms with van der Waals surface area (Å²) in [4.78, 5) is 16.3. The van der Waals surface area contributed by atoms with Gasteiger partial charge in [0.15, 0.2) is 0 Å². The molecule has 28 heavy (non-hydrogen) atoms. The number of carbonyl (C=O) groups excluding carboxylic acids is 1. The minimum atomic E-state index is -0.742. The van der Waals surface area contributed by atoms with Gasteiger partial charge in [0.25, 0.3) is 5.24 Å². The van der Waals surface area contributed by atoms with E-state index in [1.807, 2.05) is 6.08 Å². The number of aliphatic imine (C=N–C) groups is 1. The number of benzene rings is 2. The molecule has 0 unspecified atom stereocenters. The topological polar surface area (TPSA) is 55.5 Å². The molecule has 2 N–H and O–H groups in total. The SMILES string of the molecule is NC(C(=O)Cl)=C1CSCC(=Cc2ccc(F)cc2)C1=Nc1ccc(Cl)cc1Cl.